The number of nitrogens with one attached hydrogen (secondary N) is 2. The summed E-state index contributed by atoms with van der Waals surface area (Å²) in [5.41, 5.74) is 2.29. The second-order valence-corrected chi connectivity index (χ2v) is 5.75. The number of benzene rings is 1. The fourth-order valence-corrected chi connectivity index (χ4v) is 2.45. The summed E-state index contributed by atoms with van der Waals surface area (Å²) in [7, 11) is 1.51. The minimum Gasteiger partial charge on any atom is -0.481 e. The van der Waals surface area contributed by atoms with Gasteiger partial charge in [-0.15, -0.1) is 0 Å². The first-order valence-corrected chi connectivity index (χ1v) is 8.28. The number of nitrogens with zero attached hydrogens (tertiary/aromatic N) is 3. The first-order valence-electron chi connectivity index (χ1n) is 8.28. The molecule has 0 atom stereocenters. The van der Waals surface area contributed by atoms with Gasteiger partial charge in [0.25, 0.3) is 0 Å². The van der Waals surface area contributed by atoms with Crippen molar-refractivity contribution in [3.63, 3.8) is 0 Å². The molecule has 2 heterocycles. The summed E-state index contributed by atoms with van der Waals surface area (Å²) in [6.45, 7) is 0.775. The van der Waals surface area contributed by atoms with Gasteiger partial charge < -0.3 is 15.4 Å². The van der Waals surface area contributed by atoms with Gasteiger partial charge in [0.05, 0.1) is 13.7 Å². The van der Waals surface area contributed by atoms with Gasteiger partial charge in [0, 0.05) is 36.9 Å². The van der Waals surface area contributed by atoms with E-state index in [0.717, 1.165) is 11.1 Å². The Bertz CT molecular complexity index is 925. The van der Waals surface area contributed by atoms with Crippen molar-refractivity contribution < 1.29 is 14.3 Å². The number of carbonyl (C=O) groups excluding carboxylic acids is 2. The third kappa shape index (κ3) is 5.15. The molecule has 2 aromatic heterocycles. The van der Waals surface area contributed by atoms with Crippen LogP contribution in [0, 0.1) is 0 Å². The topological polar surface area (TPSA) is 98.1 Å². The summed E-state index contributed by atoms with van der Waals surface area (Å²) in [6.07, 6.45) is 5.13. The summed E-state index contributed by atoms with van der Waals surface area (Å²) in [5, 5.41) is 9.32. The second-order valence-electron chi connectivity index (χ2n) is 5.75. The zero-order valence-electron chi connectivity index (χ0n) is 14.8. The summed E-state index contributed by atoms with van der Waals surface area (Å²) < 4.78 is 6.80. The average Bonchev–Trinajstić information content (AvgIpc) is 3.19. The fraction of sp³-hybridized carbons (Fsp3) is 0.158. The van der Waals surface area contributed by atoms with Gasteiger partial charge in [0.1, 0.15) is 0 Å². The highest BCUT2D eigenvalue weighted by Gasteiger charge is 2.13. The molecular formula is C19H19N5O3. The molecule has 0 aliphatic carbocycles. The molecular weight excluding hydrogens is 346 g/mol. The van der Waals surface area contributed by atoms with E-state index in [4.69, 9.17) is 4.74 Å². The molecule has 0 spiro atoms. The lowest BCUT2D eigenvalue weighted by Crippen LogP contribution is -2.35. The van der Waals surface area contributed by atoms with Crippen LogP contribution in [0.25, 0.3) is 0 Å². The Morgan fingerprint density at radius 2 is 1.96 bits per heavy atom. The lowest BCUT2D eigenvalue weighted by Gasteiger charge is -2.09. The minimum absolute atomic E-state index is 0.199. The van der Waals surface area contributed by atoms with Crippen LogP contribution < -0.4 is 15.4 Å². The molecule has 1 aromatic carbocycles. The van der Waals surface area contributed by atoms with Gasteiger partial charge in [-0.3, -0.25) is 14.3 Å². The first-order chi connectivity index (χ1) is 13.1. The van der Waals surface area contributed by atoms with Crippen LogP contribution in [0.5, 0.6) is 5.88 Å². The largest absolute Gasteiger partial charge is 0.481 e. The molecule has 0 bridgehead atoms. The third-order valence-electron chi connectivity index (χ3n) is 3.76. The van der Waals surface area contributed by atoms with Gasteiger partial charge >= 0.3 is 11.8 Å². The van der Waals surface area contributed by atoms with Gasteiger partial charge in [-0.2, -0.15) is 5.10 Å². The van der Waals surface area contributed by atoms with Crippen molar-refractivity contribution in [1.82, 2.24) is 20.1 Å². The zero-order chi connectivity index (χ0) is 19.1. The highest BCUT2D eigenvalue weighted by Crippen LogP contribution is 2.12. The number of anilines is 1. The van der Waals surface area contributed by atoms with Crippen LogP contribution in [-0.4, -0.2) is 33.7 Å². The maximum Gasteiger partial charge on any atom is 0.313 e. The normalized spacial score (nSPS) is 10.3. The molecule has 138 valence electrons. The zero-order valence-corrected chi connectivity index (χ0v) is 14.8. The van der Waals surface area contributed by atoms with Crippen LogP contribution in [-0.2, 0) is 22.7 Å². The van der Waals surface area contributed by atoms with E-state index in [0.29, 0.717) is 18.1 Å². The minimum atomic E-state index is -0.729. The summed E-state index contributed by atoms with van der Waals surface area (Å²) >= 11 is 0. The average molecular weight is 365 g/mol. The predicted octanol–water partition coefficient (Wildman–Crippen LogP) is 1.59. The van der Waals surface area contributed by atoms with Crippen molar-refractivity contribution in [3.8, 4) is 5.88 Å². The second kappa shape index (κ2) is 8.61. The third-order valence-corrected chi connectivity index (χ3v) is 3.76. The Balaban J connectivity index is 1.55. The Kier molecular flexibility index (Phi) is 5.78. The number of hydrogen-bond acceptors (Lipinski definition) is 5. The molecule has 3 aromatic rings. The van der Waals surface area contributed by atoms with Gasteiger partial charge in [0.2, 0.25) is 5.88 Å². The van der Waals surface area contributed by atoms with Crippen molar-refractivity contribution in [2.45, 2.75) is 13.1 Å². The number of pyridine rings is 1. The maximum absolute atomic E-state index is 12.1. The molecule has 27 heavy (non-hydrogen) atoms. The van der Waals surface area contributed by atoms with Crippen molar-refractivity contribution in [2.75, 3.05) is 12.4 Å². The quantitative estimate of drug-likeness (QED) is 0.647. The van der Waals surface area contributed by atoms with E-state index in [1.165, 1.54) is 7.11 Å². The van der Waals surface area contributed by atoms with E-state index in [1.807, 2.05) is 24.4 Å². The van der Waals surface area contributed by atoms with Crippen LogP contribution in [0.4, 0.5) is 5.69 Å². The van der Waals surface area contributed by atoms with E-state index >= 15 is 0 Å². The number of methoxy groups -OCH3 is 1. The Morgan fingerprint density at radius 1 is 1.07 bits per heavy atom. The smallest absolute Gasteiger partial charge is 0.313 e. The fourth-order valence-electron chi connectivity index (χ4n) is 2.45. The molecule has 2 amide bonds. The monoisotopic (exact) mass is 365 g/mol. The molecule has 8 heteroatoms. The predicted molar refractivity (Wildman–Crippen MR) is 99.0 cm³/mol. The van der Waals surface area contributed by atoms with Crippen LogP contribution in [0.1, 0.15) is 11.1 Å². The molecule has 0 fully saturated rings. The van der Waals surface area contributed by atoms with Crippen molar-refractivity contribution in [2.24, 2.45) is 0 Å². The molecule has 0 saturated heterocycles. The number of ether oxygens (including phenoxy) is 1. The van der Waals surface area contributed by atoms with E-state index < -0.39 is 11.8 Å². The summed E-state index contributed by atoms with van der Waals surface area (Å²) in [6, 6.07) is 12.5. The lowest BCUT2D eigenvalue weighted by molar-refractivity contribution is -0.136. The number of rotatable bonds is 6. The molecule has 0 saturated carbocycles. The van der Waals surface area contributed by atoms with E-state index in [2.05, 4.69) is 20.7 Å². The van der Waals surface area contributed by atoms with Crippen molar-refractivity contribution >= 4 is 17.5 Å². The summed E-state index contributed by atoms with van der Waals surface area (Å²) in [5.74, 6) is -1.00. The maximum atomic E-state index is 12.1. The van der Waals surface area contributed by atoms with Gasteiger partial charge in [-0.25, -0.2) is 4.98 Å². The SMILES string of the molecule is COc1cc(CNC(=O)C(=O)Nc2cccc(Cn3cccn3)c2)ccn1. The highest BCUT2D eigenvalue weighted by molar-refractivity contribution is 6.39. The van der Waals surface area contributed by atoms with E-state index in [9.17, 15) is 9.59 Å². The Morgan fingerprint density at radius 3 is 2.74 bits per heavy atom. The van der Waals surface area contributed by atoms with Crippen LogP contribution in [0.15, 0.2) is 61.1 Å². The molecule has 0 unspecified atom stereocenters. The number of aromatic nitrogens is 3. The lowest BCUT2D eigenvalue weighted by atomic mass is 10.2. The van der Waals surface area contributed by atoms with Crippen LogP contribution in [0.2, 0.25) is 0 Å². The highest BCUT2D eigenvalue weighted by atomic mass is 16.5. The van der Waals surface area contributed by atoms with Crippen molar-refractivity contribution in [1.29, 1.82) is 0 Å². The molecule has 0 radical (unpaired) electrons. The molecule has 3 rings (SSSR count). The van der Waals surface area contributed by atoms with Crippen LogP contribution in [0.3, 0.4) is 0 Å². The number of amides is 2. The standard InChI is InChI=1S/C19H19N5O3/c1-27-17-11-14(6-8-20-17)12-21-18(25)19(26)23-16-5-2-4-15(10-16)13-24-9-3-7-22-24/h2-11H,12-13H2,1H3,(H,21,25)(H,23,26). The number of carbonyl (C=O) groups is 2. The Hall–Kier alpha value is -3.68. The molecule has 8 nitrogen and oxygen atoms in total. The van der Waals surface area contributed by atoms with Crippen LogP contribution >= 0.6 is 0 Å². The summed E-state index contributed by atoms with van der Waals surface area (Å²) in [4.78, 5) is 28.1. The van der Waals surface area contributed by atoms with E-state index in [1.54, 1.807) is 41.3 Å². The Labute approximate surface area is 156 Å². The molecule has 2 N–H and O–H groups in total. The molecule has 0 aliphatic heterocycles. The van der Waals surface area contributed by atoms with Gasteiger partial charge in [0.15, 0.2) is 0 Å². The van der Waals surface area contributed by atoms with Gasteiger partial charge in [-0.1, -0.05) is 12.1 Å². The van der Waals surface area contributed by atoms with E-state index in [-0.39, 0.29) is 6.54 Å². The number of hydrogen-bond donors (Lipinski definition) is 2. The molecule has 0 aliphatic rings. The van der Waals surface area contributed by atoms with Gasteiger partial charge in [-0.05, 0) is 35.4 Å². The van der Waals surface area contributed by atoms with Crippen molar-refractivity contribution in [3.05, 3.63) is 72.2 Å². The first kappa shape index (κ1) is 18.1.